The van der Waals surface area contributed by atoms with Crippen LogP contribution in [0.5, 0.6) is 0 Å². The molecule has 1 unspecified atom stereocenters. The zero-order chi connectivity index (χ0) is 20.5. The van der Waals surface area contributed by atoms with Crippen molar-refractivity contribution in [3.8, 4) is 0 Å². The van der Waals surface area contributed by atoms with Crippen LogP contribution in [-0.4, -0.2) is 41.0 Å². The Kier molecular flexibility index (Phi) is 5.43. The first kappa shape index (κ1) is 19.7. The van der Waals surface area contributed by atoms with Crippen molar-refractivity contribution in [2.24, 2.45) is 0 Å². The number of imidazole rings is 1. The molecule has 3 aromatic rings. The van der Waals surface area contributed by atoms with Crippen molar-refractivity contribution in [2.45, 2.75) is 32.3 Å². The average Bonchev–Trinajstić information content (AvgIpc) is 3.34. The van der Waals surface area contributed by atoms with E-state index in [1.165, 1.54) is 4.90 Å². The lowest BCUT2D eigenvalue weighted by Gasteiger charge is -2.17. The van der Waals surface area contributed by atoms with Crippen molar-refractivity contribution < 1.29 is 13.9 Å². The van der Waals surface area contributed by atoms with E-state index < -0.39 is 5.63 Å². The molecule has 1 amide bonds. The third-order valence-electron chi connectivity index (χ3n) is 5.15. The molecule has 0 bridgehead atoms. The number of H-pyrrole nitrogens is 1. The molecule has 2 aromatic heterocycles. The topological polar surface area (TPSA) is 88.4 Å². The molecule has 0 spiro atoms. The van der Waals surface area contributed by atoms with E-state index >= 15 is 0 Å². The summed E-state index contributed by atoms with van der Waals surface area (Å²) in [5, 5.41) is 0.633. The second-order valence-corrected chi connectivity index (χ2v) is 7.75. The first-order valence-electron chi connectivity index (χ1n) is 9.58. The van der Waals surface area contributed by atoms with E-state index in [1.54, 1.807) is 26.1 Å². The first-order chi connectivity index (χ1) is 13.9. The van der Waals surface area contributed by atoms with Crippen LogP contribution in [0.4, 0.5) is 0 Å². The molecule has 152 valence electrons. The summed E-state index contributed by atoms with van der Waals surface area (Å²) in [6, 6.07) is 7.18. The van der Waals surface area contributed by atoms with E-state index in [-0.39, 0.29) is 17.6 Å². The summed E-state index contributed by atoms with van der Waals surface area (Å²) in [5.74, 6) is 0.874. The fraction of sp³-hybridized carbons (Fsp3) is 0.381. The molecule has 0 radical (unpaired) electrons. The molecular formula is C21H22ClN3O4. The quantitative estimate of drug-likeness (QED) is 0.687. The number of aryl methyl sites for hydroxylation is 1. The number of nitrogens with one attached hydrogen (secondary N) is 1. The molecule has 1 aromatic carbocycles. The molecule has 1 N–H and O–H groups in total. The van der Waals surface area contributed by atoms with Crippen LogP contribution < -0.4 is 5.63 Å². The lowest BCUT2D eigenvalue weighted by molar-refractivity contribution is 0.0778. The molecule has 8 heteroatoms. The minimum Gasteiger partial charge on any atom is -0.424 e. The number of halogens is 1. The molecular weight excluding hydrogens is 394 g/mol. The number of fused-ring (bicyclic) bond motifs is 1. The van der Waals surface area contributed by atoms with Gasteiger partial charge in [0, 0.05) is 31.6 Å². The van der Waals surface area contributed by atoms with Crippen molar-refractivity contribution in [3.63, 3.8) is 0 Å². The number of nitrogens with zero attached hydrogens (tertiary/aromatic N) is 2. The van der Waals surface area contributed by atoms with Gasteiger partial charge >= 0.3 is 5.63 Å². The average molecular weight is 416 g/mol. The van der Waals surface area contributed by atoms with E-state index in [1.807, 2.05) is 12.1 Å². The fourth-order valence-corrected chi connectivity index (χ4v) is 3.74. The number of likely N-dealkylation sites (N-methyl/N-ethyl adjacent to an activating group) is 1. The second kappa shape index (κ2) is 8.00. The van der Waals surface area contributed by atoms with Gasteiger partial charge in [-0.3, -0.25) is 4.79 Å². The number of carbonyl (C=O) groups excluding carboxylic acids is 1. The van der Waals surface area contributed by atoms with Crippen molar-refractivity contribution in [1.82, 2.24) is 14.9 Å². The molecule has 7 nitrogen and oxygen atoms in total. The van der Waals surface area contributed by atoms with Crippen LogP contribution in [0.3, 0.4) is 0 Å². The predicted molar refractivity (Wildman–Crippen MR) is 109 cm³/mol. The smallest absolute Gasteiger partial charge is 0.349 e. The maximum absolute atomic E-state index is 12.8. The van der Waals surface area contributed by atoms with Crippen molar-refractivity contribution >= 4 is 28.5 Å². The van der Waals surface area contributed by atoms with Gasteiger partial charge in [0.25, 0.3) is 5.91 Å². The highest BCUT2D eigenvalue weighted by molar-refractivity contribution is 6.31. The Morgan fingerprint density at radius 2 is 2.21 bits per heavy atom. The Labute approximate surface area is 172 Å². The van der Waals surface area contributed by atoms with E-state index in [0.29, 0.717) is 35.9 Å². The Bertz CT molecular complexity index is 1110. The summed E-state index contributed by atoms with van der Waals surface area (Å²) >= 11 is 6.00. The number of aromatic amines is 1. The van der Waals surface area contributed by atoms with E-state index in [4.69, 9.17) is 20.8 Å². The fourth-order valence-electron chi connectivity index (χ4n) is 3.57. The van der Waals surface area contributed by atoms with Gasteiger partial charge in [0.15, 0.2) is 0 Å². The molecule has 29 heavy (non-hydrogen) atoms. The summed E-state index contributed by atoms with van der Waals surface area (Å²) in [6.07, 6.45) is 2.07. The van der Waals surface area contributed by atoms with Gasteiger partial charge in [-0.2, -0.15) is 0 Å². The number of benzene rings is 1. The number of hydrogen-bond donors (Lipinski definition) is 1. The molecule has 0 aliphatic carbocycles. The van der Waals surface area contributed by atoms with Gasteiger partial charge < -0.3 is 19.0 Å². The van der Waals surface area contributed by atoms with Gasteiger partial charge in [0.05, 0.1) is 11.0 Å². The lowest BCUT2D eigenvalue weighted by atomic mass is 10.1. The molecule has 4 rings (SSSR count). The van der Waals surface area contributed by atoms with Crippen LogP contribution in [0.25, 0.3) is 11.0 Å². The summed E-state index contributed by atoms with van der Waals surface area (Å²) in [6.45, 7) is 2.81. The normalized spacial score (nSPS) is 16.4. The van der Waals surface area contributed by atoms with Crippen LogP contribution in [0.15, 0.2) is 33.5 Å². The zero-order valence-corrected chi connectivity index (χ0v) is 17.1. The van der Waals surface area contributed by atoms with Crippen molar-refractivity contribution in [1.29, 1.82) is 0 Å². The number of rotatable bonds is 5. The highest BCUT2D eigenvalue weighted by atomic mass is 35.5. The summed E-state index contributed by atoms with van der Waals surface area (Å²) in [4.78, 5) is 34.5. The standard InChI is InChI=1S/C21H22ClN3O4/c1-12-10-17(16-4-3-9-28-16)29-21(27)19(12)20(26)25(2)8-7-18-23-14-6-5-13(22)11-15(14)24-18/h5-6,10-11,16H,3-4,7-9H2,1-2H3,(H,23,24). The minimum absolute atomic E-state index is 0.0608. The van der Waals surface area contributed by atoms with Crippen LogP contribution in [-0.2, 0) is 11.2 Å². The summed E-state index contributed by atoms with van der Waals surface area (Å²) in [5.41, 5.74) is 1.71. The predicted octanol–water partition coefficient (Wildman–Crippen LogP) is 3.64. The molecule has 1 fully saturated rings. The van der Waals surface area contributed by atoms with E-state index in [2.05, 4.69) is 9.97 Å². The van der Waals surface area contributed by atoms with Crippen LogP contribution in [0.1, 0.15) is 46.5 Å². The zero-order valence-electron chi connectivity index (χ0n) is 16.3. The van der Waals surface area contributed by atoms with E-state index in [9.17, 15) is 9.59 Å². The van der Waals surface area contributed by atoms with Gasteiger partial charge in [-0.05, 0) is 49.6 Å². The number of carbonyl (C=O) groups is 1. The first-order valence-corrected chi connectivity index (χ1v) is 9.96. The third-order valence-corrected chi connectivity index (χ3v) is 5.39. The number of aromatic nitrogens is 2. The largest absolute Gasteiger partial charge is 0.424 e. The van der Waals surface area contributed by atoms with E-state index in [0.717, 1.165) is 29.7 Å². The third kappa shape index (κ3) is 4.06. The number of amides is 1. The van der Waals surface area contributed by atoms with Gasteiger partial charge in [0.1, 0.15) is 23.3 Å². The highest BCUT2D eigenvalue weighted by Crippen LogP contribution is 2.28. The molecule has 1 saturated heterocycles. The van der Waals surface area contributed by atoms with Crippen LogP contribution in [0.2, 0.25) is 5.02 Å². The SMILES string of the molecule is Cc1cc(C2CCCO2)oc(=O)c1C(=O)N(C)CCc1nc2ccc(Cl)cc2[nH]1. The molecule has 3 heterocycles. The maximum Gasteiger partial charge on any atom is 0.349 e. The second-order valence-electron chi connectivity index (χ2n) is 7.32. The van der Waals surface area contributed by atoms with Gasteiger partial charge in [-0.25, -0.2) is 9.78 Å². The maximum atomic E-state index is 12.8. The molecule has 1 aliphatic rings. The lowest BCUT2D eigenvalue weighted by Crippen LogP contribution is -2.33. The minimum atomic E-state index is -0.620. The Hall–Kier alpha value is -2.64. The van der Waals surface area contributed by atoms with Crippen LogP contribution in [0, 0.1) is 6.92 Å². The number of hydrogen-bond acceptors (Lipinski definition) is 5. The van der Waals surface area contributed by atoms with Crippen LogP contribution >= 0.6 is 11.6 Å². The Morgan fingerprint density at radius 3 is 2.93 bits per heavy atom. The highest BCUT2D eigenvalue weighted by Gasteiger charge is 2.25. The molecule has 1 aliphatic heterocycles. The Morgan fingerprint density at radius 1 is 1.38 bits per heavy atom. The summed E-state index contributed by atoms with van der Waals surface area (Å²) in [7, 11) is 1.66. The van der Waals surface area contributed by atoms with Crippen molar-refractivity contribution in [3.05, 3.63) is 62.4 Å². The summed E-state index contributed by atoms with van der Waals surface area (Å²) < 4.78 is 11.0. The number of ether oxygens (including phenoxy) is 1. The molecule has 1 atom stereocenters. The Balaban J connectivity index is 1.47. The van der Waals surface area contributed by atoms with Crippen molar-refractivity contribution in [2.75, 3.05) is 20.2 Å². The van der Waals surface area contributed by atoms with Gasteiger partial charge in [-0.1, -0.05) is 11.6 Å². The molecule has 0 saturated carbocycles. The van der Waals surface area contributed by atoms with Gasteiger partial charge in [-0.15, -0.1) is 0 Å². The van der Waals surface area contributed by atoms with Gasteiger partial charge in [0.2, 0.25) is 0 Å². The monoisotopic (exact) mass is 415 g/mol.